The minimum Gasteiger partial charge on any atom is -0.497 e. The average Bonchev–Trinajstić information content (AvgIpc) is 3.42. The molecule has 0 spiro atoms. The van der Waals surface area contributed by atoms with Crippen LogP contribution in [0.4, 0.5) is 5.69 Å². The van der Waals surface area contributed by atoms with Crippen molar-refractivity contribution in [3.8, 4) is 11.5 Å². The predicted molar refractivity (Wildman–Crippen MR) is 97.7 cm³/mol. The molecule has 1 aliphatic rings. The van der Waals surface area contributed by atoms with E-state index in [0.29, 0.717) is 17.4 Å². The van der Waals surface area contributed by atoms with Crippen LogP contribution in [0.25, 0.3) is 11.1 Å². The summed E-state index contributed by atoms with van der Waals surface area (Å²) in [5.41, 5.74) is 2.17. The third-order valence-electron chi connectivity index (χ3n) is 4.34. The van der Waals surface area contributed by atoms with Crippen LogP contribution in [0.2, 0.25) is 0 Å². The van der Waals surface area contributed by atoms with Crippen LogP contribution >= 0.6 is 0 Å². The number of nitrogens with zero attached hydrogens (tertiary/aromatic N) is 1. The number of nitrogens with one attached hydrogen (secondary N) is 1. The summed E-state index contributed by atoms with van der Waals surface area (Å²) in [6, 6.07) is 12.6. The van der Waals surface area contributed by atoms with E-state index in [-0.39, 0.29) is 5.91 Å². The fourth-order valence-corrected chi connectivity index (χ4v) is 2.68. The van der Waals surface area contributed by atoms with Gasteiger partial charge in [-0.15, -0.1) is 0 Å². The summed E-state index contributed by atoms with van der Waals surface area (Å²) in [5.74, 6) is 2.36. The molecule has 1 N–H and O–H groups in total. The second kappa shape index (κ2) is 6.71. The Balaban J connectivity index is 1.41. The van der Waals surface area contributed by atoms with Crippen LogP contribution in [0.1, 0.15) is 31.6 Å². The number of benzene rings is 2. The summed E-state index contributed by atoms with van der Waals surface area (Å²) in [5, 5.41) is 2.86. The second-order valence-electron chi connectivity index (χ2n) is 6.43. The molecule has 1 aliphatic carbocycles. The molecule has 1 fully saturated rings. The minimum atomic E-state index is -0.640. The SMILES string of the molecule is COc1ccc(OC(C)C(=O)Nc2ccc3oc(C4CC4)nc3c2)cc1. The monoisotopic (exact) mass is 352 g/mol. The van der Waals surface area contributed by atoms with Gasteiger partial charge in [-0.1, -0.05) is 0 Å². The van der Waals surface area contributed by atoms with Gasteiger partial charge in [-0.25, -0.2) is 4.98 Å². The van der Waals surface area contributed by atoms with Crippen molar-refractivity contribution in [2.75, 3.05) is 12.4 Å². The lowest BCUT2D eigenvalue weighted by molar-refractivity contribution is -0.122. The first-order valence-electron chi connectivity index (χ1n) is 8.64. The number of fused-ring (bicyclic) bond motifs is 1. The molecule has 3 aromatic rings. The Morgan fingerprint density at radius 1 is 1.19 bits per heavy atom. The summed E-state index contributed by atoms with van der Waals surface area (Å²) >= 11 is 0. The zero-order valence-electron chi connectivity index (χ0n) is 14.7. The Labute approximate surface area is 151 Å². The Bertz CT molecular complexity index is 929. The molecule has 1 aromatic heterocycles. The van der Waals surface area contributed by atoms with Crippen LogP contribution in [0.3, 0.4) is 0 Å². The summed E-state index contributed by atoms with van der Waals surface area (Å²) in [4.78, 5) is 16.9. The molecule has 0 aliphatic heterocycles. The third kappa shape index (κ3) is 3.49. The first kappa shape index (κ1) is 16.4. The van der Waals surface area contributed by atoms with E-state index in [2.05, 4.69) is 10.3 Å². The molecule has 0 radical (unpaired) electrons. The van der Waals surface area contributed by atoms with Crippen molar-refractivity contribution in [3.05, 3.63) is 48.4 Å². The van der Waals surface area contributed by atoms with E-state index < -0.39 is 6.10 Å². The van der Waals surface area contributed by atoms with Crippen molar-refractivity contribution in [1.82, 2.24) is 4.98 Å². The molecule has 1 atom stereocenters. The molecule has 0 bridgehead atoms. The molecule has 6 nitrogen and oxygen atoms in total. The average molecular weight is 352 g/mol. The normalized spacial score (nSPS) is 14.8. The molecule has 1 unspecified atom stereocenters. The number of methoxy groups -OCH3 is 1. The first-order chi connectivity index (χ1) is 12.6. The highest BCUT2D eigenvalue weighted by molar-refractivity contribution is 5.95. The lowest BCUT2D eigenvalue weighted by atomic mass is 10.2. The number of oxazole rings is 1. The van der Waals surface area contributed by atoms with Crippen LogP contribution in [0.15, 0.2) is 46.9 Å². The zero-order valence-corrected chi connectivity index (χ0v) is 14.7. The maximum Gasteiger partial charge on any atom is 0.265 e. The van der Waals surface area contributed by atoms with E-state index in [9.17, 15) is 4.79 Å². The van der Waals surface area contributed by atoms with Crippen molar-refractivity contribution in [3.63, 3.8) is 0 Å². The van der Waals surface area contributed by atoms with Gasteiger partial charge in [-0.2, -0.15) is 0 Å². The maximum absolute atomic E-state index is 12.4. The van der Waals surface area contributed by atoms with Gasteiger partial charge in [0.25, 0.3) is 5.91 Å². The van der Waals surface area contributed by atoms with E-state index in [1.54, 1.807) is 38.3 Å². The maximum atomic E-state index is 12.4. The van der Waals surface area contributed by atoms with Gasteiger partial charge < -0.3 is 19.2 Å². The van der Waals surface area contributed by atoms with Gasteiger partial charge >= 0.3 is 0 Å². The van der Waals surface area contributed by atoms with Crippen LogP contribution in [-0.4, -0.2) is 24.1 Å². The fraction of sp³-hybridized carbons (Fsp3) is 0.300. The van der Waals surface area contributed by atoms with Crippen molar-refractivity contribution in [2.24, 2.45) is 0 Å². The predicted octanol–water partition coefficient (Wildman–Crippen LogP) is 4.12. The van der Waals surface area contributed by atoms with Crippen molar-refractivity contribution >= 4 is 22.7 Å². The standard InChI is InChI=1S/C20H20N2O4/c1-12(25-16-8-6-15(24-2)7-9-16)19(23)21-14-5-10-18-17(11-14)22-20(26-18)13-3-4-13/h5-13H,3-4H2,1-2H3,(H,21,23). The Hall–Kier alpha value is -3.02. The molecular weight excluding hydrogens is 332 g/mol. The zero-order chi connectivity index (χ0) is 18.1. The van der Waals surface area contributed by atoms with Crippen LogP contribution in [0, 0.1) is 0 Å². The number of hydrogen-bond acceptors (Lipinski definition) is 5. The minimum absolute atomic E-state index is 0.230. The molecule has 4 rings (SSSR count). The highest BCUT2D eigenvalue weighted by Crippen LogP contribution is 2.40. The number of aromatic nitrogens is 1. The number of amides is 1. The number of hydrogen-bond donors (Lipinski definition) is 1. The van der Waals surface area contributed by atoms with Gasteiger partial charge in [0, 0.05) is 11.6 Å². The Morgan fingerprint density at radius 3 is 2.62 bits per heavy atom. The van der Waals surface area contributed by atoms with E-state index in [4.69, 9.17) is 13.9 Å². The van der Waals surface area contributed by atoms with Crippen molar-refractivity contribution in [2.45, 2.75) is 31.8 Å². The molecule has 1 heterocycles. The molecule has 1 saturated carbocycles. The molecule has 0 saturated heterocycles. The number of anilines is 1. The number of ether oxygens (including phenoxy) is 2. The lowest BCUT2D eigenvalue weighted by Gasteiger charge is -2.15. The summed E-state index contributed by atoms with van der Waals surface area (Å²) in [7, 11) is 1.60. The Kier molecular flexibility index (Phi) is 4.24. The Morgan fingerprint density at radius 2 is 1.92 bits per heavy atom. The van der Waals surface area contributed by atoms with E-state index >= 15 is 0 Å². The fourth-order valence-electron chi connectivity index (χ4n) is 2.68. The molecule has 134 valence electrons. The number of rotatable bonds is 6. The quantitative estimate of drug-likeness (QED) is 0.722. The van der Waals surface area contributed by atoms with E-state index in [1.807, 2.05) is 18.2 Å². The van der Waals surface area contributed by atoms with Crippen LogP contribution in [-0.2, 0) is 4.79 Å². The molecule has 6 heteroatoms. The van der Waals surface area contributed by atoms with Gasteiger partial charge in [0.15, 0.2) is 17.6 Å². The molecular formula is C20H20N2O4. The van der Waals surface area contributed by atoms with Crippen LogP contribution in [0.5, 0.6) is 11.5 Å². The van der Waals surface area contributed by atoms with Gasteiger partial charge in [-0.3, -0.25) is 4.79 Å². The van der Waals surface area contributed by atoms with Gasteiger partial charge in [0.05, 0.1) is 7.11 Å². The number of carbonyl (C=O) groups is 1. The van der Waals surface area contributed by atoms with Crippen LogP contribution < -0.4 is 14.8 Å². The summed E-state index contributed by atoms with van der Waals surface area (Å²) < 4.78 is 16.5. The van der Waals surface area contributed by atoms with Gasteiger partial charge in [0.2, 0.25) is 0 Å². The van der Waals surface area contributed by atoms with Crippen molar-refractivity contribution < 1.29 is 18.7 Å². The largest absolute Gasteiger partial charge is 0.497 e. The van der Waals surface area contributed by atoms with Gasteiger partial charge in [0.1, 0.15) is 17.0 Å². The molecule has 26 heavy (non-hydrogen) atoms. The highest BCUT2D eigenvalue weighted by atomic mass is 16.5. The van der Waals surface area contributed by atoms with E-state index in [0.717, 1.165) is 35.6 Å². The third-order valence-corrected chi connectivity index (χ3v) is 4.34. The number of carbonyl (C=O) groups excluding carboxylic acids is 1. The summed E-state index contributed by atoms with van der Waals surface area (Å²) in [6.45, 7) is 1.71. The molecule has 2 aromatic carbocycles. The van der Waals surface area contributed by atoms with E-state index in [1.165, 1.54) is 0 Å². The highest BCUT2D eigenvalue weighted by Gasteiger charge is 2.29. The summed E-state index contributed by atoms with van der Waals surface area (Å²) in [6.07, 6.45) is 1.63. The second-order valence-corrected chi connectivity index (χ2v) is 6.43. The lowest BCUT2D eigenvalue weighted by Crippen LogP contribution is -2.30. The van der Waals surface area contributed by atoms with Crippen molar-refractivity contribution in [1.29, 1.82) is 0 Å². The smallest absolute Gasteiger partial charge is 0.265 e. The topological polar surface area (TPSA) is 73.6 Å². The first-order valence-corrected chi connectivity index (χ1v) is 8.64. The molecule has 1 amide bonds. The van der Waals surface area contributed by atoms with Gasteiger partial charge in [-0.05, 0) is 62.2 Å².